The molecule has 1 aromatic heterocycles. The minimum Gasteiger partial charge on any atom is -0.394 e. The fraction of sp³-hybridized carbons (Fsp3) is 0.609. The monoisotopic (exact) mass is 414 g/mol. The third-order valence-electron chi connectivity index (χ3n) is 5.94. The maximum Gasteiger partial charge on any atom is 0.252 e. The van der Waals surface area contributed by atoms with Gasteiger partial charge in [-0.3, -0.25) is 9.59 Å². The summed E-state index contributed by atoms with van der Waals surface area (Å²) in [5, 5.41) is 15.5. The zero-order valence-corrected chi connectivity index (χ0v) is 17.7. The van der Waals surface area contributed by atoms with E-state index in [1.807, 2.05) is 0 Å². The Morgan fingerprint density at radius 3 is 2.30 bits per heavy atom. The lowest BCUT2D eigenvalue weighted by Crippen LogP contribution is -2.51. The van der Waals surface area contributed by atoms with Crippen molar-refractivity contribution in [1.29, 1.82) is 0 Å². The number of H-pyrrole nitrogens is 1. The Labute approximate surface area is 178 Å². The van der Waals surface area contributed by atoms with Crippen molar-refractivity contribution in [3.05, 3.63) is 30.1 Å². The molecular weight excluding hydrogens is 380 g/mol. The molecule has 7 nitrogen and oxygen atoms in total. The van der Waals surface area contributed by atoms with Crippen LogP contribution in [0.1, 0.15) is 81.0 Å². The highest BCUT2D eigenvalue weighted by atomic mass is 16.3. The molecule has 1 heterocycles. The van der Waals surface area contributed by atoms with E-state index >= 15 is 0 Å². The van der Waals surface area contributed by atoms with E-state index in [1.54, 1.807) is 24.5 Å². The third kappa shape index (κ3) is 6.55. The molecule has 2 aromatic rings. The molecule has 4 N–H and O–H groups in total. The van der Waals surface area contributed by atoms with Gasteiger partial charge in [-0.15, -0.1) is 0 Å². The van der Waals surface area contributed by atoms with Crippen LogP contribution in [0.2, 0.25) is 0 Å². The van der Waals surface area contributed by atoms with Crippen LogP contribution >= 0.6 is 0 Å². The van der Waals surface area contributed by atoms with Crippen LogP contribution in [-0.2, 0) is 4.79 Å². The van der Waals surface area contributed by atoms with E-state index in [1.165, 1.54) is 44.9 Å². The average molecular weight is 415 g/mol. The van der Waals surface area contributed by atoms with Gasteiger partial charge in [-0.2, -0.15) is 0 Å². The van der Waals surface area contributed by atoms with E-state index in [-0.39, 0.29) is 17.9 Å². The number of carbonyl (C=O) groups is 2. The number of benzene rings is 1. The van der Waals surface area contributed by atoms with Crippen molar-refractivity contribution in [3.63, 3.8) is 0 Å². The Balaban J connectivity index is 1.55. The number of aliphatic hydroxyl groups is 1. The first-order valence-electron chi connectivity index (χ1n) is 11.3. The molecule has 1 aliphatic carbocycles. The van der Waals surface area contributed by atoms with Crippen LogP contribution in [0.5, 0.6) is 0 Å². The first-order chi connectivity index (χ1) is 14.7. The highest BCUT2D eigenvalue weighted by Gasteiger charge is 2.23. The van der Waals surface area contributed by atoms with Crippen molar-refractivity contribution in [3.8, 4) is 0 Å². The zero-order valence-electron chi connectivity index (χ0n) is 17.7. The van der Waals surface area contributed by atoms with E-state index in [4.69, 9.17) is 0 Å². The lowest BCUT2D eigenvalue weighted by Gasteiger charge is -2.23. The number of aromatic amines is 1. The van der Waals surface area contributed by atoms with Gasteiger partial charge in [0.25, 0.3) is 5.91 Å². The SMILES string of the molecule is O=C(N[C@@H](CO)C(=O)NC1CCCCCCCCCCC1)c1ccc2nc[nH]c2c1. The average Bonchev–Trinajstić information content (AvgIpc) is 3.21. The molecule has 0 spiro atoms. The van der Waals surface area contributed by atoms with Gasteiger partial charge in [0.1, 0.15) is 6.04 Å². The zero-order chi connectivity index (χ0) is 21.2. The van der Waals surface area contributed by atoms with Gasteiger partial charge >= 0.3 is 0 Å². The van der Waals surface area contributed by atoms with Crippen molar-refractivity contribution >= 4 is 22.8 Å². The number of nitrogens with zero attached hydrogens (tertiary/aromatic N) is 1. The molecule has 1 saturated carbocycles. The van der Waals surface area contributed by atoms with Gasteiger partial charge in [-0.1, -0.05) is 57.8 Å². The lowest BCUT2D eigenvalue weighted by atomic mass is 9.97. The highest BCUT2D eigenvalue weighted by Crippen LogP contribution is 2.17. The predicted octanol–water partition coefficient (Wildman–Crippen LogP) is 3.44. The number of hydrogen-bond donors (Lipinski definition) is 4. The Kier molecular flexibility index (Phi) is 8.68. The van der Waals surface area contributed by atoms with Crippen molar-refractivity contribution in [2.75, 3.05) is 6.61 Å². The third-order valence-corrected chi connectivity index (χ3v) is 5.94. The molecule has 1 atom stereocenters. The van der Waals surface area contributed by atoms with E-state index in [0.29, 0.717) is 5.56 Å². The summed E-state index contributed by atoms with van der Waals surface area (Å²) in [5.74, 6) is -0.704. The molecule has 30 heavy (non-hydrogen) atoms. The minimum absolute atomic E-state index is 0.101. The van der Waals surface area contributed by atoms with Crippen LogP contribution in [0.15, 0.2) is 24.5 Å². The molecule has 0 aliphatic heterocycles. The summed E-state index contributed by atoms with van der Waals surface area (Å²) < 4.78 is 0. The summed E-state index contributed by atoms with van der Waals surface area (Å²) in [5.41, 5.74) is 1.94. The van der Waals surface area contributed by atoms with Crippen LogP contribution < -0.4 is 10.6 Å². The maximum absolute atomic E-state index is 12.8. The molecule has 3 rings (SSSR count). The second-order valence-electron chi connectivity index (χ2n) is 8.31. The first-order valence-corrected chi connectivity index (χ1v) is 11.3. The highest BCUT2D eigenvalue weighted by molar-refractivity contribution is 5.99. The van der Waals surface area contributed by atoms with E-state index in [2.05, 4.69) is 20.6 Å². The number of rotatable bonds is 5. The lowest BCUT2D eigenvalue weighted by molar-refractivity contribution is -0.124. The number of fused-ring (bicyclic) bond motifs is 1. The Morgan fingerprint density at radius 1 is 1.03 bits per heavy atom. The molecule has 0 bridgehead atoms. The number of aliphatic hydroxyl groups excluding tert-OH is 1. The van der Waals surface area contributed by atoms with E-state index in [0.717, 1.165) is 36.7 Å². The minimum atomic E-state index is -0.962. The van der Waals surface area contributed by atoms with Crippen LogP contribution in [0.3, 0.4) is 0 Å². The second kappa shape index (κ2) is 11.7. The van der Waals surface area contributed by atoms with E-state index in [9.17, 15) is 14.7 Å². The van der Waals surface area contributed by atoms with Gasteiger partial charge in [0, 0.05) is 11.6 Å². The molecule has 2 amide bonds. The Bertz CT molecular complexity index is 808. The van der Waals surface area contributed by atoms with E-state index < -0.39 is 12.6 Å². The second-order valence-corrected chi connectivity index (χ2v) is 8.31. The number of amides is 2. The predicted molar refractivity (Wildman–Crippen MR) is 117 cm³/mol. The number of carbonyl (C=O) groups excluding carboxylic acids is 2. The smallest absolute Gasteiger partial charge is 0.252 e. The van der Waals surface area contributed by atoms with Crippen molar-refractivity contribution < 1.29 is 14.7 Å². The normalized spacial score (nSPS) is 18.2. The molecule has 0 radical (unpaired) electrons. The summed E-state index contributed by atoms with van der Waals surface area (Å²) in [6.07, 6.45) is 14.5. The summed E-state index contributed by atoms with van der Waals surface area (Å²) in [6.45, 7) is -0.434. The molecule has 0 saturated heterocycles. The standard InChI is InChI=1S/C23H34N4O3/c28-15-21(27-22(29)17-12-13-19-20(14-17)25-16-24-19)23(30)26-18-10-8-6-4-2-1-3-5-7-9-11-18/h12-14,16,18,21,28H,1-11,15H2,(H,24,25)(H,26,30)(H,27,29)/t21-/m0/s1. The Morgan fingerprint density at radius 2 is 1.67 bits per heavy atom. The van der Waals surface area contributed by atoms with Crippen LogP contribution in [-0.4, -0.2) is 45.6 Å². The summed E-state index contributed by atoms with van der Waals surface area (Å²) in [7, 11) is 0. The van der Waals surface area contributed by atoms with Crippen LogP contribution in [0.4, 0.5) is 0 Å². The van der Waals surface area contributed by atoms with Crippen LogP contribution in [0, 0.1) is 0 Å². The quantitative estimate of drug-likeness (QED) is 0.601. The molecule has 0 unspecified atom stereocenters. The fourth-order valence-corrected chi connectivity index (χ4v) is 4.12. The molecule has 7 heteroatoms. The summed E-state index contributed by atoms with van der Waals surface area (Å²) in [4.78, 5) is 32.5. The molecular formula is C23H34N4O3. The fourth-order valence-electron chi connectivity index (χ4n) is 4.12. The van der Waals surface area contributed by atoms with Crippen molar-refractivity contribution in [1.82, 2.24) is 20.6 Å². The first kappa shape index (κ1) is 22.3. The molecule has 1 fully saturated rings. The van der Waals surface area contributed by atoms with Crippen molar-refractivity contribution in [2.24, 2.45) is 0 Å². The number of aromatic nitrogens is 2. The van der Waals surface area contributed by atoms with Crippen LogP contribution in [0.25, 0.3) is 11.0 Å². The number of imidazole rings is 1. The number of nitrogens with one attached hydrogen (secondary N) is 3. The summed E-state index contributed by atoms with van der Waals surface area (Å²) in [6, 6.07) is 4.24. The largest absolute Gasteiger partial charge is 0.394 e. The van der Waals surface area contributed by atoms with Gasteiger partial charge < -0.3 is 20.7 Å². The van der Waals surface area contributed by atoms with Crippen molar-refractivity contribution in [2.45, 2.75) is 82.7 Å². The maximum atomic E-state index is 12.8. The summed E-state index contributed by atoms with van der Waals surface area (Å²) >= 11 is 0. The number of hydrogen-bond acceptors (Lipinski definition) is 4. The van der Waals surface area contributed by atoms with Gasteiger partial charge in [-0.25, -0.2) is 4.98 Å². The van der Waals surface area contributed by atoms with Gasteiger partial charge in [-0.05, 0) is 31.0 Å². The van der Waals surface area contributed by atoms with Gasteiger partial charge in [0.15, 0.2) is 0 Å². The van der Waals surface area contributed by atoms with Gasteiger partial charge in [0.2, 0.25) is 5.91 Å². The molecule has 1 aromatic carbocycles. The molecule has 164 valence electrons. The topological polar surface area (TPSA) is 107 Å². The Hall–Kier alpha value is -2.41. The molecule has 1 aliphatic rings. The van der Waals surface area contributed by atoms with Gasteiger partial charge in [0.05, 0.1) is 24.0 Å².